The summed E-state index contributed by atoms with van der Waals surface area (Å²) in [5, 5.41) is 0. The average Bonchev–Trinajstić information content (AvgIpc) is 2.86. The minimum Gasteiger partial charge on any atom is -0.392 e. The van der Waals surface area contributed by atoms with Crippen LogP contribution in [0.25, 0.3) is 0 Å². The van der Waals surface area contributed by atoms with E-state index in [0.29, 0.717) is 18.3 Å². The van der Waals surface area contributed by atoms with Gasteiger partial charge in [-0.05, 0) is 43.9 Å². The summed E-state index contributed by atoms with van der Waals surface area (Å²) in [5.41, 5.74) is -0.675. The molecule has 1 aliphatic heterocycles. The minimum absolute atomic E-state index is 0.245. The Balaban J connectivity index is 1.93. The quantitative estimate of drug-likeness (QED) is 0.354. The number of hydrogen-bond donors (Lipinski definition) is 0. The van der Waals surface area contributed by atoms with Crippen molar-refractivity contribution in [1.82, 2.24) is 0 Å². The van der Waals surface area contributed by atoms with Gasteiger partial charge < -0.3 is 4.74 Å². The molecule has 0 unspecified atom stereocenters. The third-order valence-electron chi connectivity index (χ3n) is 5.29. The van der Waals surface area contributed by atoms with E-state index in [9.17, 15) is 9.59 Å². The Bertz CT molecular complexity index is 410. The Hall–Kier alpha value is -1.12. The van der Waals surface area contributed by atoms with Crippen molar-refractivity contribution in [1.29, 1.82) is 0 Å². The molecule has 3 nitrogen and oxygen atoms in total. The van der Waals surface area contributed by atoms with E-state index in [0.717, 1.165) is 12.8 Å². The molecule has 0 amide bonds. The zero-order valence-electron chi connectivity index (χ0n) is 9.12. The highest BCUT2D eigenvalue weighted by molar-refractivity contribution is 6.03. The van der Waals surface area contributed by atoms with Crippen LogP contribution < -0.4 is 0 Å². The van der Waals surface area contributed by atoms with Gasteiger partial charge in [0.15, 0.2) is 0 Å². The summed E-state index contributed by atoms with van der Waals surface area (Å²) in [4.78, 5) is 24.1. The molecule has 2 saturated carbocycles. The summed E-state index contributed by atoms with van der Waals surface area (Å²) in [6.07, 6.45) is 9.68. The first-order chi connectivity index (χ1) is 7.63. The maximum absolute atomic E-state index is 12.1. The SMILES string of the molecule is O=C1OC(=O)[C@]23CC=CC[C@]12CC1(CC1)C3. The van der Waals surface area contributed by atoms with E-state index in [4.69, 9.17) is 4.74 Å². The summed E-state index contributed by atoms with van der Waals surface area (Å²) in [7, 11) is 0. The van der Waals surface area contributed by atoms with Gasteiger partial charge in [-0.25, -0.2) is 0 Å². The number of hydrogen-bond acceptors (Lipinski definition) is 3. The number of cyclic esters (lactones) is 2. The van der Waals surface area contributed by atoms with Crippen molar-refractivity contribution in [2.75, 3.05) is 0 Å². The van der Waals surface area contributed by atoms with Gasteiger partial charge in [-0.15, -0.1) is 0 Å². The normalized spacial score (nSPS) is 46.8. The highest BCUT2D eigenvalue weighted by atomic mass is 16.6. The fraction of sp³-hybridized carbons (Fsp3) is 0.692. The molecule has 0 aromatic rings. The lowest BCUT2D eigenvalue weighted by Crippen LogP contribution is -2.41. The summed E-state index contributed by atoms with van der Waals surface area (Å²) in [5.74, 6) is -0.490. The third kappa shape index (κ3) is 0.731. The van der Waals surface area contributed by atoms with Gasteiger partial charge in [-0.3, -0.25) is 9.59 Å². The van der Waals surface area contributed by atoms with Gasteiger partial charge in [0, 0.05) is 0 Å². The molecule has 4 rings (SSSR count). The second-order valence-electron chi connectivity index (χ2n) is 6.07. The lowest BCUT2D eigenvalue weighted by Gasteiger charge is -2.35. The molecule has 16 heavy (non-hydrogen) atoms. The van der Waals surface area contributed by atoms with Gasteiger partial charge in [0.05, 0.1) is 10.8 Å². The topological polar surface area (TPSA) is 43.4 Å². The van der Waals surface area contributed by atoms with Crippen LogP contribution in [0.15, 0.2) is 12.2 Å². The van der Waals surface area contributed by atoms with E-state index in [1.165, 1.54) is 12.8 Å². The summed E-state index contributed by atoms with van der Waals surface area (Å²) in [6.45, 7) is 0. The summed E-state index contributed by atoms with van der Waals surface area (Å²) < 4.78 is 4.96. The molecule has 4 aliphatic rings. The Morgan fingerprint density at radius 2 is 1.44 bits per heavy atom. The van der Waals surface area contributed by atoms with Crippen molar-refractivity contribution in [3.05, 3.63) is 12.2 Å². The number of carbonyl (C=O) groups is 2. The van der Waals surface area contributed by atoms with Crippen LogP contribution in [0.3, 0.4) is 0 Å². The van der Waals surface area contributed by atoms with Crippen molar-refractivity contribution < 1.29 is 14.3 Å². The number of rotatable bonds is 0. The fourth-order valence-electron chi connectivity index (χ4n) is 4.30. The van der Waals surface area contributed by atoms with Gasteiger partial charge >= 0.3 is 11.9 Å². The first-order valence-corrected chi connectivity index (χ1v) is 6.04. The first-order valence-electron chi connectivity index (χ1n) is 6.04. The molecule has 3 heteroatoms. The van der Waals surface area contributed by atoms with Gasteiger partial charge in [0.25, 0.3) is 0 Å². The van der Waals surface area contributed by atoms with Crippen LogP contribution in [0.2, 0.25) is 0 Å². The average molecular weight is 218 g/mol. The molecule has 84 valence electrons. The molecule has 2 atom stereocenters. The molecular formula is C13H14O3. The van der Waals surface area contributed by atoms with Crippen LogP contribution in [0, 0.1) is 16.2 Å². The van der Waals surface area contributed by atoms with E-state index in [1.807, 2.05) is 0 Å². The molecular weight excluding hydrogens is 204 g/mol. The lowest BCUT2D eigenvalue weighted by molar-refractivity contribution is -0.157. The maximum Gasteiger partial charge on any atom is 0.321 e. The Morgan fingerprint density at radius 1 is 0.938 bits per heavy atom. The van der Waals surface area contributed by atoms with Crippen LogP contribution in [-0.4, -0.2) is 11.9 Å². The van der Waals surface area contributed by atoms with E-state index in [2.05, 4.69) is 12.2 Å². The number of carbonyl (C=O) groups excluding carboxylic acids is 2. The van der Waals surface area contributed by atoms with Gasteiger partial charge in [0.1, 0.15) is 0 Å². The predicted octanol–water partition coefficient (Wildman–Crippen LogP) is 1.97. The highest BCUT2D eigenvalue weighted by Gasteiger charge is 2.77. The van der Waals surface area contributed by atoms with Crippen molar-refractivity contribution in [2.24, 2.45) is 16.2 Å². The number of ether oxygens (including phenoxy) is 1. The zero-order chi connectivity index (χ0) is 11.0. The van der Waals surface area contributed by atoms with E-state index < -0.39 is 10.8 Å². The fourth-order valence-corrected chi connectivity index (χ4v) is 4.30. The van der Waals surface area contributed by atoms with Gasteiger partial charge in [0.2, 0.25) is 0 Å². The molecule has 3 aliphatic carbocycles. The Kier molecular flexibility index (Phi) is 1.27. The second-order valence-corrected chi connectivity index (χ2v) is 6.07. The highest BCUT2D eigenvalue weighted by Crippen LogP contribution is 2.75. The molecule has 0 bridgehead atoms. The summed E-state index contributed by atoms with van der Waals surface area (Å²) in [6, 6.07) is 0. The van der Waals surface area contributed by atoms with Gasteiger partial charge in [-0.2, -0.15) is 0 Å². The van der Waals surface area contributed by atoms with Crippen molar-refractivity contribution in [2.45, 2.75) is 38.5 Å². The molecule has 0 aromatic carbocycles. The van der Waals surface area contributed by atoms with E-state index in [1.54, 1.807) is 0 Å². The molecule has 0 N–H and O–H groups in total. The maximum atomic E-state index is 12.1. The Labute approximate surface area is 93.8 Å². The third-order valence-corrected chi connectivity index (χ3v) is 5.29. The Morgan fingerprint density at radius 3 is 1.88 bits per heavy atom. The number of allylic oxidation sites excluding steroid dienone is 2. The monoisotopic (exact) mass is 218 g/mol. The summed E-state index contributed by atoms with van der Waals surface area (Å²) >= 11 is 0. The van der Waals surface area contributed by atoms with Crippen LogP contribution in [0.5, 0.6) is 0 Å². The van der Waals surface area contributed by atoms with E-state index >= 15 is 0 Å². The van der Waals surface area contributed by atoms with E-state index in [-0.39, 0.29) is 11.9 Å². The number of esters is 2. The molecule has 3 fully saturated rings. The minimum atomic E-state index is -0.491. The van der Waals surface area contributed by atoms with Crippen LogP contribution in [0.1, 0.15) is 38.5 Å². The molecule has 1 heterocycles. The smallest absolute Gasteiger partial charge is 0.321 e. The van der Waals surface area contributed by atoms with Crippen molar-refractivity contribution in [3.8, 4) is 0 Å². The van der Waals surface area contributed by atoms with Crippen LogP contribution in [0.4, 0.5) is 0 Å². The molecule has 0 radical (unpaired) electrons. The lowest BCUT2D eigenvalue weighted by atomic mass is 9.61. The van der Waals surface area contributed by atoms with Crippen LogP contribution in [-0.2, 0) is 14.3 Å². The zero-order valence-corrected chi connectivity index (χ0v) is 9.12. The predicted molar refractivity (Wildman–Crippen MR) is 55.2 cm³/mol. The molecule has 1 spiro atoms. The molecule has 1 saturated heterocycles. The molecule has 0 aromatic heterocycles. The first kappa shape index (κ1) is 8.97. The second kappa shape index (κ2) is 2.27. The largest absolute Gasteiger partial charge is 0.392 e. The van der Waals surface area contributed by atoms with Gasteiger partial charge in [-0.1, -0.05) is 12.2 Å². The standard InChI is InChI=1S/C13H14O3/c14-9-12-3-1-2-4-13(12,10(15)16-9)8-11(7-12)5-6-11/h1-2H,3-8H2/t12-,13+. The van der Waals surface area contributed by atoms with Crippen molar-refractivity contribution in [3.63, 3.8) is 0 Å². The van der Waals surface area contributed by atoms with Crippen molar-refractivity contribution >= 4 is 11.9 Å². The van der Waals surface area contributed by atoms with Crippen LogP contribution >= 0.6 is 0 Å².